The summed E-state index contributed by atoms with van der Waals surface area (Å²) in [7, 11) is 0. The quantitative estimate of drug-likeness (QED) is 0.503. The van der Waals surface area contributed by atoms with Crippen molar-refractivity contribution < 1.29 is 0 Å². The molecular weight excluding hydrogens is 132 g/mol. The standard InChI is InChI=1S/C11H18/c1-2-9-7-8-10-5-3-4-6-11(9)10/h2,9-11H,1,3-8H2. The molecule has 0 bridgehead atoms. The Kier molecular flexibility index (Phi) is 2.02. The Morgan fingerprint density at radius 3 is 2.64 bits per heavy atom. The van der Waals surface area contributed by atoms with E-state index in [0.717, 1.165) is 17.8 Å². The molecule has 0 heteroatoms. The molecule has 0 heterocycles. The van der Waals surface area contributed by atoms with Crippen molar-refractivity contribution in [2.75, 3.05) is 0 Å². The molecule has 2 saturated carbocycles. The number of hydrogen-bond acceptors (Lipinski definition) is 0. The van der Waals surface area contributed by atoms with Crippen LogP contribution in [0.5, 0.6) is 0 Å². The van der Waals surface area contributed by atoms with Crippen molar-refractivity contribution in [3.63, 3.8) is 0 Å². The van der Waals surface area contributed by atoms with E-state index in [1.807, 2.05) is 0 Å². The highest BCUT2D eigenvalue weighted by Gasteiger charge is 2.35. The molecule has 0 amide bonds. The van der Waals surface area contributed by atoms with Gasteiger partial charge in [-0.3, -0.25) is 0 Å². The molecule has 3 unspecified atom stereocenters. The molecule has 0 aromatic heterocycles. The molecule has 0 aromatic rings. The van der Waals surface area contributed by atoms with Gasteiger partial charge in [0.2, 0.25) is 0 Å². The fourth-order valence-corrected chi connectivity index (χ4v) is 3.07. The van der Waals surface area contributed by atoms with E-state index in [0.29, 0.717) is 0 Å². The summed E-state index contributed by atoms with van der Waals surface area (Å²) in [5.74, 6) is 2.98. The molecule has 0 aromatic carbocycles. The van der Waals surface area contributed by atoms with Crippen LogP contribution in [0.4, 0.5) is 0 Å². The van der Waals surface area contributed by atoms with Gasteiger partial charge in [0.25, 0.3) is 0 Å². The minimum Gasteiger partial charge on any atom is -0.103 e. The maximum Gasteiger partial charge on any atom is -0.0205 e. The van der Waals surface area contributed by atoms with E-state index >= 15 is 0 Å². The Bertz CT molecular complexity index is 148. The molecule has 2 rings (SSSR count). The molecule has 2 aliphatic carbocycles. The summed E-state index contributed by atoms with van der Waals surface area (Å²) in [5.41, 5.74) is 0. The average Bonchev–Trinajstić information content (AvgIpc) is 2.47. The first-order valence-electron chi connectivity index (χ1n) is 5.04. The van der Waals surface area contributed by atoms with Crippen LogP contribution in [0.15, 0.2) is 12.7 Å². The number of fused-ring (bicyclic) bond motifs is 1. The first-order valence-corrected chi connectivity index (χ1v) is 5.04. The molecule has 0 aliphatic heterocycles. The van der Waals surface area contributed by atoms with Gasteiger partial charge < -0.3 is 0 Å². The summed E-state index contributed by atoms with van der Waals surface area (Å²) in [5, 5.41) is 0. The van der Waals surface area contributed by atoms with Crippen molar-refractivity contribution in [3.8, 4) is 0 Å². The predicted molar refractivity (Wildman–Crippen MR) is 48.4 cm³/mol. The molecule has 2 fully saturated rings. The minimum atomic E-state index is 0.875. The fourth-order valence-electron chi connectivity index (χ4n) is 3.07. The zero-order valence-corrected chi connectivity index (χ0v) is 7.26. The molecule has 11 heavy (non-hydrogen) atoms. The van der Waals surface area contributed by atoms with E-state index in [2.05, 4.69) is 12.7 Å². The number of hydrogen-bond donors (Lipinski definition) is 0. The normalized spacial score (nSPS) is 43.5. The van der Waals surface area contributed by atoms with E-state index in [9.17, 15) is 0 Å². The van der Waals surface area contributed by atoms with Crippen LogP contribution >= 0.6 is 0 Å². The van der Waals surface area contributed by atoms with Crippen molar-refractivity contribution in [3.05, 3.63) is 12.7 Å². The Hall–Kier alpha value is -0.260. The molecule has 62 valence electrons. The zero-order chi connectivity index (χ0) is 7.68. The van der Waals surface area contributed by atoms with Crippen LogP contribution in [0.1, 0.15) is 38.5 Å². The van der Waals surface area contributed by atoms with Crippen molar-refractivity contribution >= 4 is 0 Å². The van der Waals surface area contributed by atoms with Crippen molar-refractivity contribution in [2.24, 2.45) is 17.8 Å². The lowest BCUT2D eigenvalue weighted by atomic mass is 9.78. The van der Waals surface area contributed by atoms with Gasteiger partial charge in [0, 0.05) is 0 Å². The van der Waals surface area contributed by atoms with Gasteiger partial charge in [-0.15, -0.1) is 6.58 Å². The van der Waals surface area contributed by atoms with Crippen LogP contribution in [0, 0.1) is 17.8 Å². The first kappa shape index (κ1) is 7.39. The summed E-state index contributed by atoms with van der Waals surface area (Å²) >= 11 is 0. The summed E-state index contributed by atoms with van der Waals surface area (Å²) in [6.07, 6.45) is 11.1. The summed E-state index contributed by atoms with van der Waals surface area (Å²) in [6.45, 7) is 3.93. The van der Waals surface area contributed by atoms with Crippen LogP contribution in [0.3, 0.4) is 0 Å². The van der Waals surface area contributed by atoms with E-state index < -0.39 is 0 Å². The second-order valence-electron chi connectivity index (χ2n) is 4.19. The Balaban J connectivity index is 2.03. The Morgan fingerprint density at radius 2 is 1.82 bits per heavy atom. The summed E-state index contributed by atoms with van der Waals surface area (Å²) < 4.78 is 0. The molecule has 3 atom stereocenters. The van der Waals surface area contributed by atoms with Crippen LogP contribution in [0.2, 0.25) is 0 Å². The van der Waals surface area contributed by atoms with E-state index in [4.69, 9.17) is 0 Å². The van der Waals surface area contributed by atoms with E-state index in [1.165, 1.54) is 38.5 Å². The minimum absolute atomic E-state index is 0.875. The summed E-state index contributed by atoms with van der Waals surface area (Å²) in [4.78, 5) is 0. The molecule has 2 aliphatic rings. The van der Waals surface area contributed by atoms with Crippen molar-refractivity contribution in [1.29, 1.82) is 0 Å². The average molecular weight is 150 g/mol. The molecule has 0 N–H and O–H groups in total. The fraction of sp³-hybridized carbons (Fsp3) is 0.818. The van der Waals surface area contributed by atoms with E-state index in [-0.39, 0.29) is 0 Å². The maximum atomic E-state index is 3.93. The van der Waals surface area contributed by atoms with Gasteiger partial charge in [0.15, 0.2) is 0 Å². The SMILES string of the molecule is C=CC1CCC2CCCCC12. The van der Waals surface area contributed by atoms with Gasteiger partial charge >= 0.3 is 0 Å². The molecule has 0 spiro atoms. The van der Waals surface area contributed by atoms with Gasteiger partial charge in [-0.25, -0.2) is 0 Å². The number of rotatable bonds is 1. The first-order chi connectivity index (χ1) is 5.42. The lowest BCUT2D eigenvalue weighted by Gasteiger charge is -2.27. The predicted octanol–water partition coefficient (Wildman–Crippen LogP) is 3.39. The van der Waals surface area contributed by atoms with Gasteiger partial charge in [-0.1, -0.05) is 25.3 Å². The highest BCUT2D eigenvalue weighted by molar-refractivity contribution is 4.95. The summed E-state index contributed by atoms with van der Waals surface area (Å²) in [6, 6.07) is 0. The molecule has 0 nitrogen and oxygen atoms in total. The van der Waals surface area contributed by atoms with Crippen molar-refractivity contribution in [2.45, 2.75) is 38.5 Å². The van der Waals surface area contributed by atoms with Gasteiger partial charge in [-0.2, -0.15) is 0 Å². The number of allylic oxidation sites excluding steroid dienone is 1. The van der Waals surface area contributed by atoms with Crippen molar-refractivity contribution in [1.82, 2.24) is 0 Å². The Labute approximate surface area is 69.7 Å². The van der Waals surface area contributed by atoms with Crippen LogP contribution < -0.4 is 0 Å². The topological polar surface area (TPSA) is 0 Å². The van der Waals surface area contributed by atoms with Crippen LogP contribution in [-0.4, -0.2) is 0 Å². The van der Waals surface area contributed by atoms with Crippen LogP contribution in [0.25, 0.3) is 0 Å². The molecule has 0 radical (unpaired) electrons. The van der Waals surface area contributed by atoms with E-state index in [1.54, 1.807) is 0 Å². The zero-order valence-electron chi connectivity index (χ0n) is 7.26. The third-order valence-electron chi connectivity index (χ3n) is 3.69. The van der Waals surface area contributed by atoms with Crippen LogP contribution in [-0.2, 0) is 0 Å². The monoisotopic (exact) mass is 150 g/mol. The second kappa shape index (κ2) is 3.00. The highest BCUT2D eigenvalue weighted by atomic mass is 14.4. The Morgan fingerprint density at radius 1 is 1.00 bits per heavy atom. The molecular formula is C11H18. The lowest BCUT2D eigenvalue weighted by Crippen LogP contribution is -2.17. The third kappa shape index (κ3) is 1.23. The maximum absolute atomic E-state index is 3.93. The van der Waals surface area contributed by atoms with Gasteiger partial charge in [0.05, 0.1) is 0 Å². The lowest BCUT2D eigenvalue weighted by molar-refractivity contribution is 0.250. The van der Waals surface area contributed by atoms with Gasteiger partial charge in [0.1, 0.15) is 0 Å². The third-order valence-corrected chi connectivity index (χ3v) is 3.69. The second-order valence-corrected chi connectivity index (χ2v) is 4.19. The molecule has 0 saturated heterocycles. The largest absolute Gasteiger partial charge is 0.103 e. The smallest absolute Gasteiger partial charge is 0.0205 e. The van der Waals surface area contributed by atoms with Gasteiger partial charge in [-0.05, 0) is 37.0 Å². The highest BCUT2D eigenvalue weighted by Crippen LogP contribution is 2.45.